The Labute approximate surface area is 141 Å². The highest BCUT2D eigenvalue weighted by Crippen LogP contribution is 2.22. The highest BCUT2D eigenvalue weighted by molar-refractivity contribution is 6.30. The molecule has 3 aromatic rings. The molecular weight excluding hydrogens is 332 g/mol. The van der Waals surface area contributed by atoms with Gasteiger partial charge in [0.1, 0.15) is 12.5 Å². The molecule has 2 aromatic heterocycles. The minimum Gasteiger partial charge on any atom is -0.321 e. The van der Waals surface area contributed by atoms with E-state index in [9.17, 15) is 9.59 Å². The minimum absolute atomic E-state index is 0.0631. The van der Waals surface area contributed by atoms with Gasteiger partial charge in [-0.05, 0) is 24.3 Å². The lowest BCUT2D eigenvalue weighted by Gasteiger charge is -2.07. The second-order valence-corrected chi connectivity index (χ2v) is 5.66. The van der Waals surface area contributed by atoms with Gasteiger partial charge in [-0.2, -0.15) is 5.10 Å². The van der Waals surface area contributed by atoms with Crippen LogP contribution in [0.15, 0.2) is 39.0 Å². The number of hydrazone groups is 1. The molecule has 0 atom stereocenters. The van der Waals surface area contributed by atoms with Gasteiger partial charge in [-0.3, -0.25) is 14.8 Å². The summed E-state index contributed by atoms with van der Waals surface area (Å²) < 4.78 is 4.05. The number of rotatable bonds is 4. The van der Waals surface area contributed by atoms with Crippen LogP contribution >= 0.6 is 11.6 Å². The first-order valence-electron chi connectivity index (χ1n) is 7.06. The van der Waals surface area contributed by atoms with Crippen molar-refractivity contribution >= 4 is 29.5 Å². The molecule has 0 saturated heterocycles. The molecule has 0 fully saturated rings. The molecule has 0 aliphatic heterocycles. The number of aromatic nitrogens is 4. The van der Waals surface area contributed by atoms with Gasteiger partial charge < -0.3 is 4.57 Å². The third-order valence-electron chi connectivity index (χ3n) is 3.80. The minimum atomic E-state index is -0.482. The molecule has 0 unspecified atom stereocenters. The third-order valence-corrected chi connectivity index (χ3v) is 4.06. The maximum absolute atomic E-state index is 12.7. The van der Waals surface area contributed by atoms with Crippen molar-refractivity contribution in [1.82, 2.24) is 24.1 Å². The van der Waals surface area contributed by atoms with Crippen LogP contribution in [0.2, 0.25) is 5.02 Å². The fourth-order valence-electron chi connectivity index (χ4n) is 2.56. The summed E-state index contributed by atoms with van der Waals surface area (Å²) in [5.41, 5.74) is 3.03. The van der Waals surface area contributed by atoms with Gasteiger partial charge in [0.2, 0.25) is 0 Å². The van der Waals surface area contributed by atoms with Crippen molar-refractivity contribution in [3.63, 3.8) is 0 Å². The fraction of sp³-hybridized carbons (Fsp3) is 0.200. The quantitative estimate of drug-likeness (QED) is 0.562. The highest BCUT2D eigenvalue weighted by Gasteiger charge is 2.19. The molecule has 3 rings (SSSR count). The van der Waals surface area contributed by atoms with E-state index in [1.807, 2.05) is 12.1 Å². The molecule has 0 aliphatic carbocycles. The highest BCUT2D eigenvalue weighted by atomic mass is 35.5. The molecule has 24 heavy (non-hydrogen) atoms. The molecule has 9 heteroatoms. The van der Waals surface area contributed by atoms with E-state index < -0.39 is 11.2 Å². The number of fused-ring (bicyclic) bond motifs is 1. The molecule has 0 aliphatic rings. The zero-order valence-corrected chi connectivity index (χ0v) is 13.9. The second-order valence-electron chi connectivity index (χ2n) is 5.22. The van der Waals surface area contributed by atoms with Gasteiger partial charge in [0.15, 0.2) is 11.2 Å². The summed E-state index contributed by atoms with van der Waals surface area (Å²) in [5.74, 6) is 0.571. The van der Waals surface area contributed by atoms with Crippen LogP contribution in [-0.4, -0.2) is 25.4 Å². The lowest BCUT2D eigenvalue weighted by Crippen LogP contribution is -2.42. The summed E-state index contributed by atoms with van der Waals surface area (Å²) in [6.07, 6.45) is 0. The lowest BCUT2D eigenvalue weighted by molar-refractivity contribution is 0.529. The zero-order chi connectivity index (χ0) is 17.4. The number of benzene rings is 1. The average molecular weight is 347 g/mol. The summed E-state index contributed by atoms with van der Waals surface area (Å²) >= 11 is 5.91. The molecule has 1 aromatic carbocycles. The standard InChI is InChI=1S/C15H15ClN6O2/c1-17-18-8-22-14(23)11-13(21(3)15(22)24)19-12(20(11)2)9-4-6-10(16)7-5-9/h4-7,18H,1,8H2,2-3H3. The van der Waals surface area contributed by atoms with Gasteiger partial charge >= 0.3 is 5.69 Å². The van der Waals surface area contributed by atoms with Crippen LogP contribution in [0.1, 0.15) is 0 Å². The first-order valence-corrected chi connectivity index (χ1v) is 7.44. The van der Waals surface area contributed by atoms with Crippen LogP contribution in [-0.2, 0) is 20.8 Å². The van der Waals surface area contributed by atoms with E-state index in [-0.39, 0.29) is 6.67 Å². The topological polar surface area (TPSA) is 86.2 Å². The van der Waals surface area contributed by atoms with Gasteiger partial charge in [-0.1, -0.05) is 11.6 Å². The predicted octanol–water partition coefficient (Wildman–Crippen LogP) is 0.917. The van der Waals surface area contributed by atoms with Gasteiger partial charge in [0, 0.05) is 31.4 Å². The third kappa shape index (κ3) is 2.41. The SMILES string of the molecule is C=NNCn1c(=O)c2c(nc(-c3ccc(Cl)cc3)n2C)n(C)c1=O. The van der Waals surface area contributed by atoms with E-state index in [4.69, 9.17) is 11.6 Å². The second kappa shape index (κ2) is 5.97. The first kappa shape index (κ1) is 16.0. The summed E-state index contributed by atoms with van der Waals surface area (Å²) in [7, 11) is 3.30. The van der Waals surface area contributed by atoms with Crippen LogP contribution in [0.5, 0.6) is 0 Å². The van der Waals surface area contributed by atoms with Crippen molar-refractivity contribution < 1.29 is 0 Å². The van der Waals surface area contributed by atoms with E-state index in [2.05, 4.69) is 22.2 Å². The van der Waals surface area contributed by atoms with Crippen LogP contribution < -0.4 is 16.7 Å². The molecule has 0 bridgehead atoms. The van der Waals surface area contributed by atoms with Gasteiger partial charge in [0.05, 0.1) is 0 Å². The maximum Gasteiger partial charge on any atom is 0.334 e. The van der Waals surface area contributed by atoms with Gasteiger partial charge in [0.25, 0.3) is 5.56 Å². The van der Waals surface area contributed by atoms with Crippen molar-refractivity contribution in [3.8, 4) is 11.4 Å². The predicted molar refractivity (Wildman–Crippen MR) is 93.3 cm³/mol. The lowest BCUT2D eigenvalue weighted by atomic mass is 10.2. The van der Waals surface area contributed by atoms with Crippen molar-refractivity contribution in [2.45, 2.75) is 6.67 Å². The fourth-order valence-corrected chi connectivity index (χ4v) is 2.69. The largest absolute Gasteiger partial charge is 0.334 e. The number of nitrogens with one attached hydrogen (secondary N) is 1. The van der Waals surface area contributed by atoms with Crippen LogP contribution in [0.25, 0.3) is 22.6 Å². The van der Waals surface area contributed by atoms with E-state index in [1.165, 1.54) is 4.57 Å². The zero-order valence-electron chi connectivity index (χ0n) is 13.2. The Morgan fingerprint density at radius 2 is 1.88 bits per heavy atom. The Morgan fingerprint density at radius 1 is 1.21 bits per heavy atom. The van der Waals surface area contributed by atoms with Crippen LogP contribution in [0.4, 0.5) is 0 Å². The molecule has 0 radical (unpaired) electrons. The Bertz CT molecular complexity index is 1040. The molecule has 2 heterocycles. The Kier molecular flexibility index (Phi) is 3.98. The summed E-state index contributed by atoms with van der Waals surface area (Å²) in [6.45, 7) is 3.21. The summed E-state index contributed by atoms with van der Waals surface area (Å²) in [4.78, 5) is 29.5. The summed E-state index contributed by atoms with van der Waals surface area (Å²) in [5, 5.41) is 4.07. The summed E-state index contributed by atoms with van der Waals surface area (Å²) in [6, 6.07) is 7.10. The Hall–Kier alpha value is -2.87. The Balaban J connectivity index is 2.32. The number of nitrogens with zero attached hydrogens (tertiary/aromatic N) is 5. The Morgan fingerprint density at radius 3 is 2.50 bits per heavy atom. The van der Waals surface area contributed by atoms with Gasteiger partial charge in [-0.25, -0.2) is 14.3 Å². The molecule has 124 valence electrons. The van der Waals surface area contributed by atoms with Gasteiger partial charge in [-0.15, -0.1) is 0 Å². The molecule has 8 nitrogen and oxygen atoms in total. The van der Waals surface area contributed by atoms with Crippen LogP contribution in [0, 0.1) is 0 Å². The van der Waals surface area contributed by atoms with Crippen molar-refractivity contribution in [3.05, 3.63) is 50.1 Å². The average Bonchev–Trinajstić information content (AvgIpc) is 2.91. The monoisotopic (exact) mass is 346 g/mol. The van der Waals surface area contributed by atoms with E-state index in [0.717, 1.165) is 10.1 Å². The molecule has 1 N–H and O–H groups in total. The van der Waals surface area contributed by atoms with Crippen molar-refractivity contribution in [2.24, 2.45) is 19.2 Å². The number of halogens is 1. The van der Waals surface area contributed by atoms with E-state index in [0.29, 0.717) is 22.0 Å². The number of imidazole rings is 1. The first-order chi connectivity index (χ1) is 11.5. The number of hydrogen-bond donors (Lipinski definition) is 1. The van der Waals surface area contributed by atoms with E-state index >= 15 is 0 Å². The smallest absolute Gasteiger partial charge is 0.321 e. The molecular formula is C15H15ClN6O2. The van der Waals surface area contributed by atoms with E-state index in [1.54, 1.807) is 30.8 Å². The maximum atomic E-state index is 12.7. The molecule has 0 amide bonds. The molecule has 0 spiro atoms. The normalized spacial score (nSPS) is 11.0. The van der Waals surface area contributed by atoms with Crippen molar-refractivity contribution in [2.75, 3.05) is 0 Å². The van der Waals surface area contributed by atoms with Crippen LogP contribution in [0.3, 0.4) is 0 Å². The number of aryl methyl sites for hydroxylation is 2. The van der Waals surface area contributed by atoms with Crippen molar-refractivity contribution in [1.29, 1.82) is 0 Å². The number of hydrogen-bond acceptors (Lipinski definition) is 5. The molecule has 0 saturated carbocycles.